The highest BCUT2D eigenvalue weighted by molar-refractivity contribution is 7.87. The van der Waals surface area contributed by atoms with Gasteiger partial charge in [0.2, 0.25) is 0 Å². The summed E-state index contributed by atoms with van der Waals surface area (Å²) in [6, 6.07) is 0. The molecular formula is C7H12O4S. The number of rotatable bonds is 4. The van der Waals surface area contributed by atoms with Gasteiger partial charge in [-0.1, -0.05) is 13.5 Å². The fraction of sp³-hybridized carbons (Fsp3) is 0.571. The minimum atomic E-state index is -3.74. The second kappa shape index (κ2) is 4.25. The van der Waals surface area contributed by atoms with Crippen LogP contribution in [0.2, 0.25) is 0 Å². The van der Waals surface area contributed by atoms with Crippen molar-refractivity contribution in [3.63, 3.8) is 0 Å². The summed E-state index contributed by atoms with van der Waals surface area (Å²) in [7, 11) is -3.74. The molecule has 70 valence electrons. The molecule has 0 rings (SSSR count). The highest BCUT2D eigenvalue weighted by Crippen LogP contribution is 2.07. The molecule has 0 amide bonds. The third-order valence-electron chi connectivity index (χ3n) is 1.43. The summed E-state index contributed by atoms with van der Waals surface area (Å²) in [4.78, 5) is 10.5. The molecule has 1 unspecified atom stereocenters. The Kier molecular flexibility index (Phi) is 3.95. The van der Waals surface area contributed by atoms with E-state index in [1.165, 1.54) is 6.92 Å². The standard InChI is InChI=1S/C7H12O4S/c1-4-6(3)12(9,10)11-7(8)5-2/h5-6H,2,4H2,1,3H3. The Hall–Kier alpha value is -0.840. The Morgan fingerprint density at radius 1 is 1.67 bits per heavy atom. The molecule has 0 saturated heterocycles. The van der Waals surface area contributed by atoms with Crippen LogP contribution in [0.4, 0.5) is 0 Å². The zero-order chi connectivity index (χ0) is 9.78. The van der Waals surface area contributed by atoms with Crippen molar-refractivity contribution in [2.75, 3.05) is 0 Å². The molecule has 0 spiro atoms. The van der Waals surface area contributed by atoms with E-state index in [2.05, 4.69) is 10.8 Å². The minimum Gasteiger partial charge on any atom is -0.342 e. The van der Waals surface area contributed by atoms with Gasteiger partial charge >= 0.3 is 16.1 Å². The van der Waals surface area contributed by atoms with E-state index in [1.807, 2.05) is 0 Å². The molecule has 0 N–H and O–H groups in total. The quantitative estimate of drug-likeness (QED) is 0.489. The predicted octanol–water partition coefficient (Wildman–Crippen LogP) is 0.844. The molecule has 0 aliphatic carbocycles. The third kappa shape index (κ3) is 3.04. The van der Waals surface area contributed by atoms with Crippen LogP contribution in [-0.4, -0.2) is 19.6 Å². The molecule has 0 aromatic carbocycles. The minimum absolute atomic E-state index is 0.409. The topological polar surface area (TPSA) is 60.4 Å². The molecule has 0 saturated carbocycles. The summed E-state index contributed by atoms with van der Waals surface area (Å²) in [5.74, 6) is -0.935. The van der Waals surface area contributed by atoms with E-state index < -0.39 is 21.3 Å². The van der Waals surface area contributed by atoms with Gasteiger partial charge in [-0.3, -0.25) is 0 Å². The highest BCUT2D eigenvalue weighted by atomic mass is 32.2. The number of hydrogen-bond acceptors (Lipinski definition) is 4. The molecule has 4 nitrogen and oxygen atoms in total. The van der Waals surface area contributed by atoms with Crippen molar-refractivity contribution in [2.45, 2.75) is 25.5 Å². The molecule has 0 heterocycles. The van der Waals surface area contributed by atoms with Gasteiger partial charge < -0.3 is 4.18 Å². The summed E-state index contributed by atoms with van der Waals surface area (Å²) < 4.78 is 26.2. The van der Waals surface area contributed by atoms with Crippen molar-refractivity contribution in [2.24, 2.45) is 0 Å². The first-order valence-corrected chi connectivity index (χ1v) is 5.00. The Morgan fingerprint density at radius 3 is 2.50 bits per heavy atom. The average Bonchev–Trinajstić information content (AvgIpc) is 2.02. The van der Waals surface area contributed by atoms with Crippen molar-refractivity contribution in [3.05, 3.63) is 12.7 Å². The van der Waals surface area contributed by atoms with Crippen molar-refractivity contribution >= 4 is 16.1 Å². The van der Waals surface area contributed by atoms with Gasteiger partial charge in [0, 0.05) is 6.08 Å². The van der Waals surface area contributed by atoms with Crippen LogP contribution in [0.15, 0.2) is 12.7 Å². The van der Waals surface area contributed by atoms with Crippen molar-refractivity contribution in [3.8, 4) is 0 Å². The molecular weight excluding hydrogens is 180 g/mol. The molecule has 5 heteroatoms. The van der Waals surface area contributed by atoms with E-state index in [-0.39, 0.29) is 0 Å². The summed E-state index contributed by atoms with van der Waals surface area (Å²) in [5, 5.41) is -0.665. The molecule has 0 aliphatic heterocycles. The van der Waals surface area contributed by atoms with Crippen LogP contribution in [0, 0.1) is 0 Å². The van der Waals surface area contributed by atoms with Crippen LogP contribution in [0.3, 0.4) is 0 Å². The fourth-order valence-corrected chi connectivity index (χ4v) is 1.30. The maximum absolute atomic E-state index is 11.0. The molecule has 0 aromatic heterocycles. The first kappa shape index (κ1) is 11.2. The SMILES string of the molecule is C=CC(=O)OS(=O)(=O)C(C)CC. The normalized spacial score (nSPS) is 13.5. The van der Waals surface area contributed by atoms with Gasteiger partial charge in [0.05, 0.1) is 5.25 Å². The van der Waals surface area contributed by atoms with Crippen molar-refractivity contribution in [1.29, 1.82) is 0 Å². The van der Waals surface area contributed by atoms with Crippen LogP contribution in [-0.2, 0) is 19.1 Å². The van der Waals surface area contributed by atoms with E-state index in [1.54, 1.807) is 6.92 Å². The molecule has 0 fully saturated rings. The van der Waals surface area contributed by atoms with Gasteiger partial charge in [-0.25, -0.2) is 4.79 Å². The predicted molar refractivity (Wildman–Crippen MR) is 45.0 cm³/mol. The zero-order valence-corrected chi connectivity index (χ0v) is 7.93. The van der Waals surface area contributed by atoms with Crippen molar-refractivity contribution in [1.82, 2.24) is 0 Å². The summed E-state index contributed by atoms with van der Waals surface area (Å²) >= 11 is 0. The lowest BCUT2D eigenvalue weighted by atomic mass is 10.4. The second-order valence-corrected chi connectivity index (χ2v) is 4.28. The number of carbonyl (C=O) groups is 1. The summed E-state index contributed by atoms with van der Waals surface area (Å²) in [5.41, 5.74) is 0. The van der Waals surface area contributed by atoms with Crippen LogP contribution in [0.1, 0.15) is 20.3 Å². The largest absolute Gasteiger partial charge is 0.345 e. The van der Waals surface area contributed by atoms with Gasteiger partial charge in [-0.2, -0.15) is 8.42 Å². The third-order valence-corrected chi connectivity index (χ3v) is 3.15. The van der Waals surface area contributed by atoms with E-state index in [0.717, 1.165) is 6.08 Å². The van der Waals surface area contributed by atoms with Crippen LogP contribution in [0.25, 0.3) is 0 Å². The Bertz CT molecular complexity index is 265. The lowest BCUT2D eigenvalue weighted by Gasteiger charge is -2.08. The maximum atomic E-state index is 11.0. The van der Waals surface area contributed by atoms with Gasteiger partial charge in [0.25, 0.3) is 0 Å². The van der Waals surface area contributed by atoms with Crippen LogP contribution < -0.4 is 0 Å². The van der Waals surface area contributed by atoms with Gasteiger partial charge in [-0.05, 0) is 13.3 Å². The Balaban J connectivity index is 4.44. The fourth-order valence-electron chi connectivity index (χ4n) is 0.435. The molecule has 0 aliphatic rings. The molecule has 0 aromatic rings. The van der Waals surface area contributed by atoms with Gasteiger partial charge in [0.15, 0.2) is 0 Å². The molecule has 12 heavy (non-hydrogen) atoms. The Labute approximate surface area is 72.3 Å². The first-order chi connectivity index (χ1) is 5.44. The van der Waals surface area contributed by atoms with E-state index in [0.29, 0.717) is 6.42 Å². The lowest BCUT2D eigenvalue weighted by molar-refractivity contribution is -0.128. The number of hydrogen-bond donors (Lipinski definition) is 0. The van der Waals surface area contributed by atoms with Crippen LogP contribution >= 0.6 is 0 Å². The van der Waals surface area contributed by atoms with Crippen molar-refractivity contribution < 1.29 is 17.4 Å². The average molecular weight is 192 g/mol. The zero-order valence-electron chi connectivity index (χ0n) is 7.11. The first-order valence-electron chi connectivity index (χ1n) is 3.53. The van der Waals surface area contributed by atoms with E-state index in [4.69, 9.17) is 0 Å². The maximum Gasteiger partial charge on any atom is 0.345 e. The molecule has 0 radical (unpaired) electrons. The second-order valence-electron chi connectivity index (χ2n) is 2.32. The van der Waals surface area contributed by atoms with E-state index in [9.17, 15) is 13.2 Å². The molecule has 1 atom stereocenters. The molecule has 0 bridgehead atoms. The number of carbonyl (C=O) groups excluding carboxylic acids is 1. The van der Waals surface area contributed by atoms with Gasteiger partial charge in [-0.15, -0.1) is 0 Å². The Morgan fingerprint density at radius 2 is 2.17 bits per heavy atom. The lowest BCUT2D eigenvalue weighted by Crippen LogP contribution is -2.21. The van der Waals surface area contributed by atoms with E-state index >= 15 is 0 Å². The van der Waals surface area contributed by atoms with Gasteiger partial charge in [0.1, 0.15) is 0 Å². The highest BCUT2D eigenvalue weighted by Gasteiger charge is 2.22. The smallest absolute Gasteiger partial charge is 0.342 e. The summed E-state index contributed by atoms with van der Waals surface area (Å²) in [6.07, 6.45) is 1.23. The monoisotopic (exact) mass is 192 g/mol. The summed E-state index contributed by atoms with van der Waals surface area (Å²) in [6.45, 7) is 6.27. The van der Waals surface area contributed by atoms with Crippen LogP contribution in [0.5, 0.6) is 0 Å².